The number of hydrogen-bond donors (Lipinski definition) is 2. The van der Waals surface area contributed by atoms with Crippen LogP contribution < -0.4 is 27.7 Å². The van der Waals surface area contributed by atoms with Gasteiger partial charge in [-0.3, -0.25) is 0 Å². The minimum atomic E-state index is -1.09. The lowest BCUT2D eigenvalue weighted by Gasteiger charge is -2.58. The van der Waals surface area contributed by atoms with Gasteiger partial charge in [-0.25, -0.2) is 0 Å². The van der Waals surface area contributed by atoms with Gasteiger partial charge >= 0.3 is 0 Å². The molecule has 0 aromatic heterocycles. The first-order valence-electron chi connectivity index (χ1n) is 15.6. The van der Waals surface area contributed by atoms with Crippen LogP contribution in [0.5, 0.6) is 0 Å². The summed E-state index contributed by atoms with van der Waals surface area (Å²) in [5.41, 5.74) is 2.49. The second-order valence-electron chi connectivity index (χ2n) is 14.5. The Labute approximate surface area is 235 Å². The van der Waals surface area contributed by atoms with Crippen molar-refractivity contribution in [3.05, 3.63) is 11.6 Å². The maximum absolute atomic E-state index is 12.4. The smallest absolute Gasteiger partial charge is 0.0894 e. The van der Waals surface area contributed by atoms with Gasteiger partial charge in [0.2, 0.25) is 0 Å². The fourth-order valence-electron chi connectivity index (χ4n) is 9.43. The number of hydrogen-bond acceptors (Lipinski definition) is 3. The molecule has 0 spiro atoms. The van der Waals surface area contributed by atoms with Crippen LogP contribution in [0.3, 0.4) is 0 Å². The van der Waals surface area contributed by atoms with Gasteiger partial charge in [0.05, 0.1) is 26.7 Å². The summed E-state index contributed by atoms with van der Waals surface area (Å²) in [5.74, 6) is 5.24. The van der Waals surface area contributed by atoms with Crippen LogP contribution in [0.4, 0.5) is 0 Å². The summed E-state index contributed by atoms with van der Waals surface area (Å²) in [7, 11) is 4.22. The molecule has 4 aliphatic carbocycles. The third-order valence-corrected chi connectivity index (χ3v) is 11.5. The van der Waals surface area contributed by atoms with Crippen molar-refractivity contribution >= 4 is 0 Å². The largest absolute Gasteiger partial charge is 1.00 e. The highest BCUT2D eigenvalue weighted by Gasteiger charge is 2.59. The van der Waals surface area contributed by atoms with Gasteiger partial charge in [-0.15, -0.1) is 0 Å². The molecule has 3 saturated carbocycles. The highest BCUT2D eigenvalue weighted by molar-refractivity contribution is 5.25. The van der Waals surface area contributed by atoms with Crippen LogP contribution in [0.15, 0.2) is 11.6 Å². The van der Waals surface area contributed by atoms with Crippen molar-refractivity contribution in [2.75, 3.05) is 27.2 Å². The molecule has 3 fully saturated rings. The average molecular weight is 538 g/mol. The molecule has 0 saturated heterocycles. The Morgan fingerprint density at radius 3 is 2.51 bits per heavy atom. The van der Waals surface area contributed by atoms with Crippen LogP contribution in [-0.4, -0.2) is 39.7 Å². The minimum absolute atomic E-state index is 0. The van der Waals surface area contributed by atoms with E-state index in [2.05, 4.69) is 60.1 Å². The molecule has 4 nitrogen and oxygen atoms in total. The van der Waals surface area contributed by atoms with E-state index in [0.29, 0.717) is 17.4 Å². The molecule has 2 N–H and O–H groups in total. The van der Waals surface area contributed by atoms with E-state index in [-0.39, 0.29) is 18.5 Å². The van der Waals surface area contributed by atoms with Gasteiger partial charge in [0.1, 0.15) is 0 Å². The highest BCUT2D eigenvalue weighted by Crippen LogP contribution is 2.67. The quantitative estimate of drug-likeness (QED) is 0.312. The summed E-state index contributed by atoms with van der Waals surface area (Å²) < 4.78 is 5.96. The maximum atomic E-state index is 12.4. The van der Waals surface area contributed by atoms with E-state index in [4.69, 9.17) is 4.74 Å². The van der Waals surface area contributed by atoms with E-state index in [1.165, 1.54) is 62.7 Å². The van der Waals surface area contributed by atoms with Gasteiger partial charge in [-0.05, 0) is 97.7 Å². The first-order valence-corrected chi connectivity index (χ1v) is 15.6. The van der Waals surface area contributed by atoms with Crippen molar-refractivity contribution < 1.29 is 27.2 Å². The predicted molar refractivity (Wildman–Crippen MR) is 147 cm³/mol. The van der Waals surface area contributed by atoms with Crippen molar-refractivity contribution in [2.24, 2.45) is 46.3 Å². The Morgan fingerprint density at radius 1 is 1.05 bits per heavy atom. The summed E-state index contributed by atoms with van der Waals surface area (Å²) >= 11 is 0. The van der Waals surface area contributed by atoms with E-state index in [9.17, 15) is 5.11 Å². The molecule has 0 aromatic carbocycles. The summed E-state index contributed by atoms with van der Waals surface area (Å²) in [4.78, 5) is 1.35. The van der Waals surface area contributed by atoms with Gasteiger partial charge in [0, 0.05) is 13.0 Å². The number of rotatable bonds is 11. The van der Waals surface area contributed by atoms with Crippen molar-refractivity contribution in [2.45, 2.75) is 118 Å². The average Bonchev–Trinajstić information content (AvgIpc) is 3.16. The summed E-state index contributed by atoms with van der Waals surface area (Å²) in [5, 5.41) is 15.5. The molecule has 9 atom stereocenters. The van der Waals surface area contributed by atoms with E-state index < -0.39 is 6.41 Å². The number of nitrogens with one attached hydrogen (secondary N) is 2. The lowest BCUT2D eigenvalue weighted by Crippen LogP contribution is -3.06. The Hall–Kier alpha value is -0.130. The molecule has 37 heavy (non-hydrogen) atoms. The number of halogens is 1. The normalized spacial score (nSPS) is 38.9. The fourth-order valence-corrected chi connectivity index (χ4v) is 9.43. The maximum Gasteiger partial charge on any atom is 0.0894 e. The van der Waals surface area contributed by atoms with Crippen LogP contribution in [0.1, 0.15) is 105 Å². The zero-order chi connectivity index (χ0) is 26.1. The van der Waals surface area contributed by atoms with Crippen molar-refractivity contribution in [3.63, 3.8) is 0 Å². The van der Waals surface area contributed by atoms with Gasteiger partial charge in [-0.1, -0.05) is 65.5 Å². The second-order valence-corrected chi connectivity index (χ2v) is 14.5. The van der Waals surface area contributed by atoms with Crippen molar-refractivity contribution in [3.8, 4) is 0 Å². The van der Waals surface area contributed by atoms with Crippen LogP contribution in [0.2, 0.25) is 0 Å². The first kappa shape index (κ1) is 31.4. The lowest BCUT2D eigenvalue weighted by atomic mass is 9.47. The van der Waals surface area contributed by atoms with Crippen LogP contribution in [-0.2, 0) is 4.74 Å². The molecule has 0 heterocycles. The van der Waals surface area contributed by atoms with Crippen LogP contribution in [0, 0.1) is 46.3 Å². The number of ether oxygens (including phenoxy) is 1. The summed E-state index contributed by atoms with van der Waals surface area (Å²) in [6.07, 6.45) is 16.0. The molecule has 0 aliphatic heterocycles. The zero-order valence-corrected chi connectivity index (χ0v) is 25.8. The predicted octanol–water partition coefficient (Wildman–Crippen LogP) is 1.80. The SMILES string of the molecule is CC(C)CCCC(C)C1CCC2C3CC=C4CC(O[C@@H]([O-])NCC[NH+](C)C)CCC4(C)C3CCC12C.[Cl-]. The van der Waals surface area contributed by atoms with E-state index in [1.807, 2.05) is 0 Å². The highest BCUT2D eigenvalue weighted by atomic mass is 35.5. The summed E-state index contributed by atoms with van der Waals surface area (Å²) in [6, 6.07) is 0. The monoisotopic (exact) mass is 537 g/mol. The molecule has 0 bridgehead atoms. The summed E-state index contributed by atoms with van der Waals surface area (Å²) in [6.45, 7) is 14.2. The van der Waals surface area contributed by atoms with Gasteiger partial charge in [0.15, 0.2) is 0 Å². The standard InChI is InChI=1S/C32H57N2O2.ClH/c1-22(2)9-8-10-23(3)27-13-14-28-26-12-11-24-21-25(36-30(35)33-19-20-34(6)7)15-17-31(24,4)29(26)16-18-32(27,28)5;/h11,22-23,25-30,33H,8-10,12-21H2,1-7H3;1H/q-1;/t23?,25?,26?,27?,28?,29?,30-,31?,32?;/m1./s1. The number of likely N-dealkylation sites (N-methyl/N-ethyl adjacent to an activating group) is 1. The third-order valence-electron chi connectivity index (χ3n) is 11.5. The lowest BCUT2D eigenvalue weighted by molar-refractivity contribution is -0.857. The van der Waals surface area contributed by atoms with Gasteiger partial charge < -0.3 is 32.5 Å². The van der Waals surface area contributed by atoms with Gasteiger partial charge in [0.25, 0.3) is 0 Å². The Kier molecular flexibility index (Phi) is 11.1. The third kappa shape index (κ3) is 6.79. The molecule has 4 rings (SSSR count). The topological polar surface area (TPSA) is 48.8 Å². The Bertz CT molecular complexity index is 757. The molecular formula is C32H58ClN2O2-. The molecule has 4 aliphatic rings. The van der Waals surface area contributed by atoms with Crippen molar-refractivity contribution in [1.29, 1.82) is 0 Å². The Morgan fingerprint density at radius 2 is 1.81 bits per heavy atom. The molecule has 5 heteroatoms. The zero-order valence-electron chi connectivity index (χ0n) is 25.1. The van der Waals surface area contributed by atoms with E-state index >= 15 is 0 Å². The molecular weight excluding hydrogens is 480 g/mol. The van der Waals surface area contributed by atoms with E-state index in [1.54, 1.807) is 5.57 Å². The first-order chi connectivity index (χ1) is 17.0. The number of fused-ring (bicyclic) bond motifs is 5. The fraction of sp³-hybridized carbons (Fsp3) is 0.938. The number of quaternary nitrogens is 1. The Balaban J connectivity index is 0.00000380. The minimum Gasteiger partial charge on any atom is -1.00 e. The molecule has 0 aromatic rings. The number of allylic oxidation sites excluding steroid dienone is 1. The second kappa shape index (κ2) is 13.0. The van der Waals surface area contributed by atoms with E-state index in [0.717, 1.165) is 54.9 Å². The molecule has 0 amide bonds. The molecule has 0 radical (unpaired) electrons. The molecule has 216 valence electrons. The van der Waals surface area contributed by atoms with Crippen LogP contribution >= 0.6 is 0 Å². The molecule has 8 unspecified atom stereocenters. The van der Waals surface area contributed by atoms with Gasteiger partial charge in [-0.2, -0.15) is 0 Å². The van der Waals surface area contributed by atoms with Crippen LogP contribution in [0.25, 0.3) is 0 Å². The van der Waals surface area contributed by atoms with Crippen molar-refractivity contribution in [1.82, 2.24) is 5.32 Å².